The molecule has 2 heterocycles. The standard InChI is InChI=1S/C38H40N6O6S/c1-24-34(23-51-38-41-42-43-44(38)31-16-18-32(47)19-17-31)49-36(50-35(24)29-12-10-28(22-45)11-13-29)30-14-8-27(9-15-30)21-39-37(48)40-33(25(2)46)20-26-6-4-3-5-7-26/h3-19,24,33-36,45,47H,20-23H2,1-2H3,(H2,39,40,48). The van der Waals surface area contributed by atoms with Crippen LogP contribution in [-0.2, 0) is 33.8 Å². The van der Waals surface area contributed by atoms with Crippen LogP contribution in [0.3, 0.4) is 0 Å². The minimum Gasteiger partial charge on any atom is -0.508 e. The number of aliphatic hydroxyl groups excluding tert-OH is 1. The Morgan fingerprint density at radius 3 is 2.25 bits per heavy atom. The number of rotatable bonds is 13. The van der Waals surface area contributed by atoms with Crippen LogP contribution in [0, 0.1) is 5.92 Å². The normalized spacial score (nSPS) is 19.3. The number of tetrazole rings is 1. The molecule has 4 aromatic carbocycles. The molecule has 1 saturated heterocycles. The molecular weight excluding hydrogens is 669 g/mol. The van der Waals surface area contributed by atoms with Gasteiger partial charge in [-0.05, 0) is 70.3 Å². The van der Waals surface area contributed by atoms with Gasteiger partial charge in [-0.3, -0.25) is 4.79 Å². The molecule has 12 nitrogen and oxygen atoms in total. The van der Waals surface area contributed by atoms with Crippen molar-refractivity contribution in [2.75, 3.05) is 5.75 Å². The first-order valence-corrected chi connectivity index (χ1v) is 17.6. The second-order valence-corrected chi connectivity index (χ2v) is 13.4. The first kappa shape index (κ1) is 35.7. The van der Waals surface area contributed by atoms with Gasteiger partial charge >= 0.3 is 6.03 Å². The number of ether oxygens (including phenoxy) is 2. The van der Waals surface area contributed by atoms with E-state index in [0.717, 1.165) is 33.5 Å². The van der Waals surface area contributed by atoms with Gasteiger partial charge in [-0.2, -0.15) is 4.68 Å². The Morgan fingerprint density at radius 1 is 0.882 bits per heavy atom. The van der Waals surface area contributed by atoms with Crippen LogP contribution in [0.5, 0.6) is 5.75 Å². The smallest absolute Gasteiger partial charge is 0.315 e. The molecule has 1 aromatic heterocycles. The molecule has 6 rings (SSSR count). The highest BCUT2D eigenvalue weighted by Gasteiger charge is 2.38. The zero-order valence-electron chi connectivity index (χ0n) is 28.3. The number of phenolic OH excluding ortho intramolecular Hbond substituents is 1. The molecule has 0 bridgehead atoms. The van der Waals surface area contributed by atoms with Crippen molar-refractivity contribution in [2.45, 2.75) is 63.1 Å². The van der Waals surface area contributed by atoms with Crippen LogP contribution < -0.4 is 10.6 Å². The summed E-state index contributed by atoms with van der Waals surface area (Å²) in [4.78, 5) is 24.9. The van der Waals surface area contributed by atoms with Gasteiger partial charge in [0, 0.05) is 23.8 Å². The molecule has 5 atom stereocenters. The molecule has 4 N–H and O–H groups in total. The first-order valence-electron chi connectivity index (χ1n) is 16.7. The Labute approximate surface area is 300 Å². The van der Waals surface area contributed by atoms with Gasteiger partial charge in [-0.15, -0.1) is 5.10 Å². The van der Waals surface area contributed by atoms with Gasteiger partial charge in [0.25, 0.3) is 0 Å². The van der Waals surface area contributed by atoms with Gasteiger partial charge in [-0.1, -0.05) is 97.5 Å². The lowest BCUT2D eigenvalue weighted by atomic mass is 9.91. The number of carbonyl (C=O) groups is 2. The highest BCUT2D eigenvalue weighted by Crippen LogP contribution is 2.43. The highest BCUT2D eigenvalue weighted by atomic mass is 32.2. The third-order valence-corrected chi connectivity index (χ3v) is 9.83. The zero-order chi connectivity index (χ0) is 35.7. The minimum atomic E-state index is -0.679. The topological polar surface area (TPSA) is 161 Å². The molecule has 264 valence electrons. The lowest BCUT2D eigenvalue weighted by Gasteiger charge is -2.41. The fraction of sp³-hybridized carbons (Fsp3) is 0.289. The van der Waals surface area contributed by atoms with Crippen molar-refractivity contribution in [1.29, 1.82) is 0 Å². The van der Waals surface area contributed by atoms with Gasteiger partial charge in [0.2, 0.25) is 5.16 Å². The first-order chi connectivity index (χ1) is 24.8. The van der Waals surface area contributed by atoms with Gasteiger partial charge < -0.3 is 30.3 Å². The van der Waals surface area contributed by atoms with E-state index in [2.05, 4.69) is 33.1 Å². The molecule has 0 saturated carbocycles. The maximum Gasteiger partial charge on any atom is 0.315 e. The number of ketones is 1. The van der Waals surface area contributed by atoms with Crippen molar-refractivity contribution in [3.05, 3.63) is 131 Å². The third kappa shape index (κ3) is 9.18. The van der Waals surface area contributed by atoms with E-state index >= 15 is 0 Å². The van der Waals surface area contributed by atoms with Crippen molar-refractivity contribution in [3.8, 4) is 11.4 Å². The van der Waals surface area contributed by atoms with Gasteiger partial charge in [-0.25, -0.2) is 4.79 Å². The van der Waals surface area contributed by atoms with Crippen LogP contribution in [-0.4, -0.2) is 60.1 Å². The van der Waals surface area contributed by atoms with Crippen molar-refractivity contribution >= 4 is 23.6 Å². The van der Waals surface area contributed by atoms with Crippen LogP contribution in [0.2, 0.25) is 0 Å². The average molecular weight is 709 g/mol. The Hall–Kier alpha value is -5.08. The number of nitrogens with zero attached hydrogens (tertiary/aromatic N) is 4. The lowest BCUT2D eigenvalue weighted by Crippen LogP contribution is -2.46. The largest absolute Gasteiger partial charge is 0.508 e. The summed E-state index contributed by atoms with van der Waals surface area (Å²) in [7, 11) is 0. The van der Waals surface area contributed by atoms with Crippen molar-refractivity contribution < 1.29 is 29.3 Å². The Kier molecular flexibility index (Phi) is 11.7. The maximum atomic E-state index is 12.7. The monoisotopic (exact) mass is 708 g/mol. The molecule has 51 heavy (non-hydrogen) atoms. The van der Waals surface area contributed by atoms with Crippen LogP contribution in [0.25, 0.3) is 5.69 Å². The quantitative estimate of drug-likeness (QED) is 0.116. The van der Waals surface area contributed by atoms with Crippen LogP contribution >= 0.6 is 11.8 Å². The van der Waals surface area contributed by atoms with E-state index in [0.29, 0.717) is 17.3 Å². The molecule has 1 aliphatic rings. The summed E-state index contributed by atoms with van der Waals surface area (Å²) >= 11 is 1.46. The summed E-state index contributed by atoms with van der Waals surface area (Å²) in [6.45, 7) is 3.78. The molecule has 1 fully saturated rings. The number of hydrogen-bond acceptors (Lipinski definition) is 10. The number of benzene rings is 4. The van der Waals surface area contributed by atoms with E-state index in [1.165, 1.54) is 18.7 Å². The molecule has 0 spiro atoms. The third-order valence-electron chi connectivity index (χ3n) is 8.82. The highest BCUT2D eigenvalue weighted by molar-refractivity contribution is 7.99. The predicted octanol–water partition coefficient (Wildman–Crippen LogP) is 5.44. The van der Waals surface area contributed by atoms with Crippen molar-refractivity contribution in [3.63, 3.8) is 0 Å². The summed E-state index contributed by atoms with van der Waals surface area (Å²) in [6, 6.07) is 30.6. The SMILES string of the molecule is CC(=O)C(Cc1ccccc1)NC(=O)NCc1ccc(C2OC(CSc3nnnn3-c3ccc(O)cc3)C(C)C(c3ccc(CO)cc3)O2)cc1. The van der Waals surface area contributed by atoms with Crippen LogP contribution in [0.15, 0.2) is 108 Å². The number of carbonyl (C=O) groups excluding carboxylic acids is 2. The van der Waals surface area contributed by atoms with Gasteiger partial charge in [0.15, 0.2) is 12.1 Å². The minimum absolute atomic E-state index is 0.0457. The van der Waals surface area contributed by atoms with Crippen molar-refractivity contribution in [2.24, 2.45) is 5.92 Å². The molecule has 0 aliphatic carbocycles. The molecule has 5 unspecified atom stereocenters. The maximum absolute atomic E-state index is 12.7. The molecule has 0 radical (unpaired) electrons. The number of aromatic nitrogens is 4. The lowest BCUT2D eigenvalue weighted by molar-refractivity contribution is -0.268. The van der Waals surface area contributed by atoms with Crippen LogP contribution in [0.4, 0.5) is 4.79 Å². The van der Waals surface area contributed by atoms with Gasteiger partial charge in [0.05, 0.1) is 30.5 Å². The number of aromatic hydroxyl groups is 1. The van der Waals surface area contributed by atoms with Crippen LogP contribution in [0.1, 0.15) is 54.1 Å². The number of amides is 2. The van der Waals surface area contributed by atoms with E-state index in [1.54, 1.807) is 28.9 Å². The Balaban J connectivity index is 1.13. The fourth-order valence-electron chi connectivity index (χ4n) is 5.82. The Morgan fingerprint density at radius 2 is 1.57 bits per heavy atom. The van der Waals surface area contributed by atoms with Gasteiger partial charge in [0.1, 0.15) is 5.75 Å². The van der Waals surface area contributed by atoms with E-state index < -0.39 is 18.4 Å². The van der Waals surface area contributed by atoms with Crippen molar-refractivity contribution in [1.82, 2.24) is 30.8 Å². The molecule has 1 aliphatic heterocycles. The number of Topliss-reactive ketones (excluding diaryl/α,β-unsaturated/α-hetero) is 1. The average Bonchev–Trinajstić information content (AvgIpc) is 3.63. The van der Waals surface area contributed by atoms with E-state index in [-0.39, 0.29) is 42.8 Å². The summed E-state index contributed by atoms with van der Waals surface area (Å²) in [5, 5.41) is 37.7. The number of hydrogen-bond donors (Lipinski definition) is 4. The summed E-state index contributed by atoms with van der Waals surface area (Å²) in [5.41, 5.74) is 5.16. The summed E-state index contributed by atoms with van der Waals surface area (Å²) in [6.07, 6.45) is -0.816. The van der Waals surface area contributed by atoms with E-state index in [1.807, 2.05) is 78.9 Å². The molecule has 13 heteroatoms. The number of aliphatic hydroxyl groups is 1. The second kappa shape index (κ2) is 16.8. The fourth-order valence-corrected chi connectivity index (χ4v) is 6.88. The number of phenols is 1. The predicted molar refractivity (Wildman–Crippen MR) is 191 cm³/mol. The number of urea groups is 1. The van der Waals surface area contributed by atoms with E-state index in [9.17, 15) is 19.8 Å². The number of nitrogens with one attached hydrogen (secondary N) is 2. The molecule has 5 aromatic rings. The van der Waals surface area contributed by atoms with E-state index in [4.69, 9.17) is 9.47 Å². The number of thioether (sulfide) groups is 1. The molecular formula is C38H40N6O6S. The molecule has 2 amide bonds. The summed E-state index contributed by atoms with van der Waals surface area (Å²) < 4.78 is 14.8. The Bertz CT molecular complexity index is 1890. The summed E-state index contributed by atoms with van der Waals surface area (Å²) in [5.74, 6) is 0.527. The second-order valence-electron chi connectivity index (χ2n) is 12.4. The zero-order valence-corrected chi connectivity index (χ0v) is 29.1.